The standard InChI is InChI=1S/C6H5BrN2O/c7-4-1-2-5-6(3-4)9-10-8-5/h1-3,8-9H. The Morgan fingerprint density at radius 1 is 1.20 bits per heavy atom. The average molecular weight is 201 g/mol. The largest absolute Gasteiger partial charge is 0.240 e. The molecular formula is C6H5BrN2O. The predicted molar refractivity (Wildman–Crippen MR) is 42.5 cm³/mol. The maximum Gasteiger partial charge on any atom is 0.0895 e. The van der Waals surface area contributed by atoms with Crippen molar-refractivity contribution in [3.05, 3.63) is 22.7 Å². The van der Waals surface area contributed by atoms with Crippen molar-refractivity contribution < 1.29 is 4.94 Å². The van der Waals surface area contributed by atoms with Gasteiger partial charge >= 0.3 is 0 Å². The molecule has 0 atom stereocenters. The van der Waals surface area contributed by atoms with Gasteiger partial charge in [0, 0.05) is 4.47 Å². The highest BCUT2D eigenvalue weighted by molar-refractivity contribution is 9.10. The van der Waals surface area contributed by atoms with Gasteiger partial charge in [0.2, 0.25) is 0 Å². The third kappa shape index (κ3) is 0.853. The van der Waals surface area contributed by atoms with Gasteiger partial charge in [-0.1, -0.05) is 15.9 Å². The van der Waals surface area contributed by atoms with Crippen LogP contribution < -0.4 is 11.0 Å². The van der Waals surface area contributed by atoms with Gasteiger partial charge in [-0.05, 0) is 18.2 Å². The number of hydrogen-bond acceptors (Lipinski definition) is 3. The van der Waals surface area contributed by atoms with Crippen LogP contribution in [0, 0.1) is 0 Å². The lowest BCUT2D eigenvalue weighted by Gasteiger charge is -1.93. The molecule has 0 aliphatic carbocycles. The van der Waals surface area contributed by atoms with E-state index in [1.54, 1.807) is 0 Å². The molecule has 2 rings (SSSR count). The number of fused-ring (bicyclic) bond motifs is 1. The molecule has 0 unspecified atom stereocenters. The third-order valence-electron chi connectivity index (χ3n) is 1.30. The average Bonchev–Trinajstić information content (AvgIpc) is 2.33. The minimum Gasteiger partial charge on any atom is -0.240 e. The lowest BCUT2D eigenvalue weighted by Crippen LogP contribution is -1.94. The van der Waals surface area contributed by atoms with Gasteiger partial charge in [-0.25, -0.2) is 11.0 Å². The highest BCUT2D eigenvalue weighted by Gasteiger charge is 2.08. The summed E-state index contributed by atoms with van der Waals surface area (Å²) in [6.07, 6.45) is 0. The first-order valence-electron chi connectivity index (χ1n) is 2.84. The van der Waals surface area contributed by atoms with E-state index in [0.717, 1.165) is 15.8 Å². The van der Waals surface area contributed by atoms with E-state index in [2.05, 4.69) is 26.9 Å². The monoisotopic (exact) mass is 200 g/mol. The highest BCUT2D eigenvalue weighted by Crippen LogP contribution is 2.29. The molecule has 0 radical (unpaired) electrons. The second kappa shape index (κ2) is 2.14. The van der Waals surface area contributed by atoms with Crippen molar-refractivity contribution in [1.82, 2.24) is 0 Å². The lowest BCUT2D eigenvalue weighted by atomic mass is 10.3. The highest BCUT2D eigenvalue weighted by atomic mass is 79.9. The van der Waals surface area contributed by atoms with Gasteiger partial charge in [0.25, 0.3) is 0 Å². The number of rotatable bonds is 0. The van der Waals surface area contributed by atoms with Crippen molar-refractivity contribution in [2.45, 2.75) is 0 Å². The second-order valence-electron chi connectivity index (χ2n) is 2.00. The molecule has 0 bridgehead atoms. The number of hydrogen-bond donors (Lipinski definition) is 2. The topological polar surface area (TPSA) is 33.3 Å². The minimum absolute atomic E-state index is 0.953. The molecule has 0 saturated heterocycles. The van der Waals surface area contributed by atoms with E-state index in [-0.39, 0.29) is 0 Å². The van der Waals surface area contributed by atoms with E-state index >= 15 is 0 Å². The quantitative estimate of drug-likeness (QED) is 0.674. The second-order valence-corrected chi connectivity index (χ2v) is 2.91. The van der Waals surface area contributed by atoms with Crippen LogP contribution in [0.2, 0.25) is 0 Å². The summed E-state index contributed by atoms with van der Waals surface area (Å²) in [5.74, 6) is 0. The fourth-order valence-electron chi connectivity index (χ4n) is 0.825. The first-order chi connectivity index (χ1) is 4.86. The molecule has 52 valence electrons. The van der Waals surface area contributed by atoms with E-state index in [1.807, 2.05) is 18.2 Å². The molecule has 1 heterocycles. The Kier molecular flexibility index (Phi) is 1.28. The summed E-state index contributed by atoms with van der Waals surface area (Å²) in [5.41, 5.74) is 7.31. The summed E-state index contributed by atoms with van der Waals surface area (Å²) in [6.45, 7) is 0. The Labute approximate surface area is 66.4 Å². The van der Waals surface area contributed by atoms with Crippen molar-refractivity contribution in [2.24, 2.45) is 0 Å². The molecule has 1 aliphatic rings. The van der Waals surface area contributed by atoms with Gasteiger partial charge in [-0.3, -0.25) is 0 Å². The summed E-state index contributed by atoms with van der Waals surface area (Å²) < 4.78 is 1.03. The number of nitrogens with one attached hydrogen (secondary N) is 2. The van der Waals surface area contributed by atoms with E-state index < -0.39 is 0 Å². The van der Waals surface area contributed by atoms with Crippen molar-refractivity contribution in [3.63, 3.8) is 0 Å². The predicted octanol–water partition coefficient (Wildman–Crippen LogP) is 2.13. The van der Waals surface area contributed by atoms with Gasteiger partial charge in [0.05, 0.1) is 11.4 Å². The van der Waals surface area contributed by atoms with E-state index in [4.69, 9.17) is 4.94 Å². The maximum atomic E-state index is 4.75. The lowest BCUT2D eigenvalue weighted by molar-refractivity contribution is 0.282. The number of benzene rings is 1. The molecule has 10 heavy (non-hydrogen) atoms. The maximum absolute atomic E-state index is 4.75. The van der Waals surface area contributed by atoms with Crippen LogP contribution in [0.25, 0.3) is 0 Å². The SMILES string of the molecule is Brc1ccc2c(c1)NON2. The number of anilines is 2. The van der Waals surface area contributed by atoms with Crippen molar-refractivity contribution in [1.29, 1.82) is 0 Å². The normalized spacial score (nSPS) is 13.7. The van der Waals surface area contributed by atoms with Gasteiger partial charge in [0.1, 0.15) is 0 Å². The van der Waals surface area contributed by atoms with Gasteiger partial charge in [0.15, 0.2) is 0 Å². The van der Waals surface area contributed by atoms with Crippen LogP contribution in [-0.2, 0) is 4.94 Å². The molecule has 0 aromatic heterocycles. The van der Waals surface area contributed by atoms with Crippen LogP contribution in [-0.4, -0.2) is 0 Å². The van der Waals surface area contributed by atoms with Crippen molar-refractivity contribution in [2.75, 3.05) is 11.0 Å². The smallest absolute Gasteiger partial charge is 0.0895 e. The Bertz CT molecular complexity index is 264. The zero-order chi connectivity index (χ0) is 6.97. The van der Waals surface area contributed by atoms with Crippen LogP contribution in [0.15, 0.2) is 22.7 Å². The Morgan fingerprint density at radius 2 is 2.00 bits per heavy atom. The Morgan fingerprint density at radius 3 is 2.90 bits per heavy atom. The van der Waals surface area contributed by atoms with E-state index in [9.17, 15) is 0 Å². The summed E-state index contributed by atoms with van der Waals surface area (Å²) in [7, 11) is 0. The molecule has 3 nitrogen and oxygen atoms in total. The molecule has 1 aromatic carbocycles. The van der Waals surface area contributed by atoms with Crippen LogP contribution in [0.1, 0.15) is 0 Å². The fraction of sp³-hybridized carbons (Fsp3) is 0. The summed E-state index contributed by atoms with van der Waals surface area (Å²) in [6, 6.07) is 5.82. The zero-order valence-corrected chi connectivity index (χ0v) is 6.60. The Balaban J connectivity index is 2.52. The molecule has 2 N–H and O–H groups in total. The summed E-state index contributed by atoms with van der Waals surface area (Å²) >= 11 is 3.34. The van der Waals surface area contributed by atoms with Gasteiger partial charge < -0.3 is 0 Å². The first kappa shape index (κ1) is 6.00. The Hall–Kier alpha value is -0.740. The molecule has 4 heteroatoms. The molecule has 0 fully saturated rings. The van der Waals surface area contributed by atoms with Crippen LogP contribution >= 0.6 is 15.9 Å². The van der Waals surface area contributed by atoms with E-state index in [0.29, 0.717) is 0 Å². The summed E-state index contributed by atoms with van der Waals surface area (Å²) in [5, 5.41) is 0. The van der Waals surface area contributed by atoms with E-state index in [1.165, 1.54) is 0 Å². The minimum atomic E-state index is 0.953. The van der Waals surface area contributed by atoms with Gasteiger partial charge in [-0.15, -0.1) is 0 Å². The van der Waals surface area contributed by atoms with Crippen molar-refractivity contribution >= 4 is 27.3 Å². The fourth-order valence-corrected chi connectivity index (χ4v) is 1.19. The van der Waals surface area contributed by atoms with Crippen LogP contribution in [0.5, 0.6) is 0 Å². The third-order valence-corrected chi connectivity index (χ3v) is 1.80. The molecule has 1 aliphatic heterocycles. The molecular weight excluding hydrogens is 196 g/mol. The molecule has 0 spiro atoms. The molecule has 0 saturated carbocycles. The van der Waals surface area contributed by atoms with Crippen molar-refractivity contribution in [3.8, 4) is 0 Å². The van der Waals surface area contributed by atoms with Crippen LogP contribution in [0.4, 0.5) is 11.4 Å². The number of halogens is 1. The zero-order valence-electron chi connectivity index (χ0n) is 5.02. The molecule has 0 amide bonds. The summed E-state index contributed by atoms with van der Waals surface area (Å²) in [4.78, 5) is 4.75. The molecule has 1 aromatic rings. The van der Waals surface area contributed by atoms with Gasteiger partial charge in [-0.2, -0.15) is 4.94 Å². The first-order valence-corrected chi connectivity index (χ1v) is 3.63. The van der Waals surface area contributed by atoms with Crippen LogP contribution in [0.3, 0.4) is 0 Å².